The third kappa shape index (κ3) is 16.6. The Morgan fingerprint density at radius 3 is 1.36 bits per heavy atom. The molecule has 0 bridgehead atoms. The molecular weight excluding hydrogens is 304 g/mol. The van der Waals surface area contributed by atoms with E-state index < -0.39 is 0 Å². The highest BCUT2D eigenvalue weighted by molar-refractivity contribution is 5.60. The second kappa shape index (κ2) is 19.7. The fourth-order valence-electron chi connectivity index (χ4n) is 3.13. The summed E-state index contributed by atoms with van der Waals surface area (Å²) < 4.78 is 0. The van der Waals surface area contributed by atoms with Crippen molar-refractivity contribution in [3.63, 3.8) is 0 Å². The first-order valence-electron chi connectivity index (χ1n) is 11.3. The van der Waals surface area contributed by atoms with Gasteiger partial charge in [-0.3, -0.25) is 9.98 Å². The molecule has 0 amide bonds. The Bertz CT molecular complexity index is 279. The standard InChI is InChI=1S/C23H46N2/c1-5-9-11-14-18-22(7-3)24-20-16-13-17-21-25-23(8-4)19-15-12-10-6-2/h20-23H,5-19H2,1-4H3. The van der Waals surface area contributed by atoms with Crippen LogP contribution < -0.4 is 0 Å². The lowest BCUT2D eigenvalue weighted by Gasteiger charge is -2.09. The molecule has 0 N–H and O–H groups in total. The second-order valence-corrected chi connectivity index (χ2v) is 7.42. The summed E-state index contributed by atoms with van der Waals surface area (Å²) in [4.78, 5) is 9.55. The zero-order valence-corrected chi connectivity index (χ0v) is 17.8. The van der Waals surface area contributed by atoms with Crippen molar-refractivity contribution in [3.05, 3.63) is 0 Å². The lowest BCUT2D eigenvalue weighted by Crippen LogP contribution is -2.03. The van der Waals surface area contributed by atoms with Gasteiger partial charge in [-0.25, -0.2) is 0 Å². The maximum absolute atomic E-state index is 4.78. The molecule has 2 unspecified atom stereocenters. The Morgan fingerprint density at radius 1 is 0.560 bits per heavy atom. The summed E-state index contributed by atoms with van der Waals surface area (Å²) in [7, 11) is 0. The van der Waals surface area contributed by atoms with E-state index in [1.165, 1.54) is 83.5 Å². The van der Waals surface area contributed by atoms with Crippen molar-refractivity contribution in [3.8, 4) is 0 Å². The van der Waals surface area contributed by atoms with Gasteiger partial charge in [0.15, 0.2) is 0 Å². The first kappa shape index (κ1) is 24.3. The molecule has 0 aliphatic rings. The van der Waals surface area contributed by atoms with E-state index in [-0.39, 0.29) is 0 Å². The van der Waals surface area contributed by atoms with E-state index in [0.717, 1.165) is 12.8 Å². The monoisotopic (exact) mass is 350 g/mol. The zero-order chi connectivity index (χ0) is 18.6. The van der Waals surface area contributed by atoms with Crippen molar-refractivity contribution in [1.82, 2.24) is 0 Å². The Balaban J connectivity index is 3.75. The molecule has 2 atom stereocenters. The average molecular weight is 351 g/mol. The van der Waals surface area contributed by atoms with Crippen LogP contribution in [0.1, 0.15) is 124 Å². The normalized spacial score (nSPS) is 14.6. The molecule has 0 radical (unpaired) electrons. The number of unbranched alkanes of at least 4 members (excludes halogenated alkanes) is 8. The second-order valence-electron chi connectivity index (χ2n) is 7.42. The molecule has 0 fully saturated rings. The fraction of sp³-hybridized carbons (Fsp3) is 0.913. The third-order valence-corrected chi connectivity index (χ3v) is 5.02. The van der Waals surface area contributed by atoms with Crippen molar-refractivity contribution in [2.45, 2.75) is 136 Å². The highest BCUT2D eigenvalue weighted by atomic mass is 14.8. The van der Waals surface area contributed by atoms with Crippen molar-refractivity contribution in [2.75, 3.05) is 0 Å². The zero-order valence-electron chi connectivity index (χ0n) is 17.8. The van der Waals surface area contributed by atoms with Gasteiger partial charge >= 0.3 is 0 Å². The fourth-order valence-corrected chi connectivity index (χ4v) is 3.13. The Kier molecular flexibility index (Phi) is 19.1. The van der Waals surface area contributed by atoms with Crippen LogP contribution >= 0.6 is 0 Å². The van der Waals surface area contributed by atoms with Crippen LogP contribution in [0.2, 0.25) is 0 Å². The Morgan fingerprint density at radius 2 is 1.00 bits per heavy atom. The summed E-state index contributed by atoms with van der Waals surface area (Å²) in [6.45, 7) is 9.07. The molecule has 2 nitrogen and oxygen atoms in total. The molecular formula is C23H46N2. The van der Waals surface area contributed by atoms with Crippen molar-refractivity contribution >= 4 is 12.4 Å². The van der Waals surface area contributed by atoms with Gasteiger partial charge in [-0.2, -0.15) is 0 Å². The highest BCUT2D eigenvalue weighted by Crippen LogP contribution is 2.12. The van der Waals surface area contributed by atoms with E-state index in [9.17, 15) is 0 Å². The maximum atomic E-state index is 4.78. The quantitative estimate of drug-likeness (QED) is 0.178. The molecule has 25 heavy (non-hydrogen) atoms. The molecule has 0 aliphatic carbocycles. The number of hydrogen-bond acceptors (Lipinski definition) is 2. The first-order chi connectivity index (χ1) is 12.3. The minimum absolute atomic E-state index is 0.554. The van der Waals surface area contributed by atoms with Crippen LogP contribution in [0.15, 0.2) is 9.98 Å². The van der Waals surface area contributed by atoms with Crippen molar-refractivity contribution < 1.29 is 0 Å². The largest absolute Gasteiger partial charge is 0.294 e. The van der Waals surface area contributed by atoms with Gasteiger partial charge in [-0.1, -0.05) is 79.1 Å². The van der Waals surface area contributed by atoms with Crippen LogP contribution in [0.5, 0.6) is 0 Å². The smallest absolute Gasteiger partial charge is 0.0493 e. The Labute approximate surface area is 159 Å². The van der Waals surface area contributed by atoms with Gasteiger partial charge in [-0.15, -0.1) is 0 Å². The minimum atomic E-state index is 0.554. The number of nitrogens with zero attached hydrogens (tertiary/aromatic N) is 2. The lowest BCUT2D eigenvalue weighted by atomic mass is 10.1. The first-order valence-corrected chi connectivity index (χ1v) is 11.3. The van der Waals surface area contributed by atoms with E-state index in [2.05, 4.69) is 40.1 Å². The molecule has 0 aromatic rings. The molecule has 0 saturated carbocycles. The summed E-state index contributed by atoms with van der Waals surface area (Å²) in [5.74, 6) is 0. The van der Waals surface area contributed by atoms with Gasteiger partial charge in [0.05, 0.1) is 0 Å². The average Bonchev–Trinajstić information content (AvgIpc) is 2.64. The van der Waals surface area contributed by atoms with Gasteiger partial charge < -0.3 is 0 Å². The van der Waals surface area contributed by atoms with Crippen LogP contribution in [0, 0.1) is 0 Å². The highest BCUT2D eigenvalue weighted by Gasteiger charge is 2.03. The number of hydrogen-bond donors (Lipinski definition) is 0. The van der Waals surface area contributed by atoms with Crippen molar-refractivity contribution in [2.24, 2.45) is 9.98 Å². The van der Waals surface area contributed by atoms with E-state index in [1.54, 1.807) is 0 Å². The van der Waals surface area contributed by atoms with Gasteiger partial charge in [-0.05, 0) is 57.4 Å². The van der Waals surface area contributed by atoms with Gasteiger partial charge in [0, 0.05) is 12.1 Å². The number of rotatable bonds is 18. The van der Waals surface area contributed by atoms with Crippen LogP contribution in [-0.4, -0.2) is 24.5 Å². The summed E-state index contributed by atoms with van der Waals surface area (Å²) in [5.41, 5.74) is 0. The van der Waals surface area contributed by atoms with Gasteiger partial charge in [0.1, 0.15) is 0 Å². The van der Waals surface area contributed by atoms with Gasteiger partial charge in [0.25, 0.3) is 0 Å². The molecule has 0 aromatic heterocycles. The van der Waals surface area contributed by atoms with E-state index >= 15 is 0 Å². The minimum Gasteiger partial charge on any atom is -0.294 e. The SMILES string of the molecule is CCCCCCC(CC)N=CCCCC=NC(CC)CCCCCC. The van der Waals surface area contributed by atoms with Crippen molar-refractivity contribution in [1.29, 1.82) is 0 Å². The predicted octanol–water partition coefficient (Wildman–Crippen LogP) is 7.80. The summed E-state index contributed by atoms with van der Waals surface area (Å²) in [6, 6.07) is 1.11. The molecule has 0 aromatic carbocycles. The van der Waals surface area contributed by atoms with E-state index in [4.69, 9.17) is 9.98 Å². The molecule has 0 rings (SSSR count). The number of aliphatic imine (C=N–C) groups is 2. The molecule has 0 heterocycles. The molecule has 148 valence electrons. The topological polar surface area (TPSA) is 24.7 Å². The molecule has 0 saturated heterocycles. The predicted molar refractivity (Wildman–Crippen MR) is 117 cm³/mol. The van der Waals surface area contributed by atoms with E-state index in [1.807, 2.05) is 0 Å². The molecule has 0 aliphatic heterocycles. The lowest BCUT2D eigenvalue weighted by molar-refractivity contribution is 0.539. The van der Waals surface area contributed by atoms with Gasteiger partial charge in [0.2, 0.25) is 0 Å². The van der Waals surface area contributed by atoms with Crippen LogP contribution in [0.25, 0.3) is 0 Å². The molecule has 2 heteroatoms. The summed E-state index contributed by atoms with van der Waals surface area (Å²) in [5, 5.41) is 0. The summed E-state index contributed by atoms with van der Waals surface area (Å²) in [6.07, 6.45) is 23.4. The van der Waals surface area contributed by atoms with E-state index in [0.29, 0.717) is 12.1 Å². The van der Waals surface area contributed by atoms with Crippen LogP contribution in [0.3, 0.4) is 0 Å². The third-order valence-electron chi connectivity index (χ3n) is 5.02. The Hall–Kier alpha value is -0.660. The maximum Gasteiger partial charge on any atom is 0.0493 e. The molecule has 0 spiro atoms. The van der Waals surface area contributed by atoms with Crippen LogP contribution in [0.4, 0.5) is 0 Å². The summed E-state index contributed by atoms with van der Waals surface area (Å²) >= 11 is 0. The van der Waals surface area contributed by atoms with Crippen LogP contribution in [-0.2, 0) is 0 Å².